The van der Waals surface area contributed by atoms with Crippen LogP contribution in [0.4, 0.5) is 0 Å². The SMILES string of the molecule is C=C(Cl)Cn1c(=O)c(CN[C@H](C)COC)cc2cc(OC)c(OC)cc21. The van der Waals surface area contributed by atoms with Crippen LogP contribution in [0.1, 0.15) is 12.5 Å². The predicted molar refractivity (Wildman–Crippen MR) is 104 cm³/mol. The lowest BCUT2D eigenvalue weighted by Gasteiger charge is -2.17. The summed E-state index contributed by atoms with van der Waals surface area (Å²) in [5, 5.41) is 4.52. The number of hydrogen-bond donors (Lipinski definition) is 1. The largest absolute Gasteiger partial charge is 0.493 e. The van der Waals surface area contributed by atoms with Crippen molar-refractivity contribution in [3.63, 3.8) is 0 Å². The van der Waals surface area contributed by atoms with E-state index in [4.69, 9.17) is 25.8 Å². The summed E-state index contributed by atoms with van der Waals surface area (Å²) < 4.78 is 17.5. The van der Waals surface area contributed by atoms with E-state index in [2.05, 4.69) is 11.9 Å². The van der Waals surface area contributed by atoms with Crippen LogP contribution in [-0.2, 0) is 17.8 Å². The highest BCUT2D eigenvalue weighted by atomic mass is 35.5. The van der Waals surface area contributed by atoms with E-state index in [1.807, 2.05) is 19.1 Å². The van der Waals surface area contributed by atoms with Gasteiger partial charge in [0.15, 0.2) is 11.5 Å². The van der Waals surface area contributed by atoms with Crippen LogP contribution in [0.5, 0.6) is 11.5 Å². The zero-order valence-corrected chi connectivity index (χ0v) is 16.4. The van der Waals surface area contributed by atoms with Crippen molar-refractivity contribution in [2.45, 2.75) is 26.1 Å². The van der Waals surface area contributed by atoms with Crippen molar-refractivity contribution in [3.8, 4) is 11.5 Å². The van der Waals surface area contributed by atoms with Crippen LogP contribution in [0.15, 0.2) is 34.6 Å². The first kappa shape index (κ1) is 20.3. The Morgan fingerprint density at radius 2 is 1.88 bits per heavy atom. The zero-order chi connectivity index (χ0) is 19.3. The number of benzene rings is 1. The summed E-state index contributed by atoms with van der Waals surface area (Å²) in [6.07, 6.45) is 0. The molecule has 0 aliphatic heterocycles. The van der Waals surface area contributed by atoms with Crippen LogP contribution >= 0.6 is 11.6 Å². The summed E-state index contributed by atoms with van der Waals surface area (Å²) in [5.41, 5.74) is 1.22. The van der Waals surface area contributed by atoms with Gasteiger partial charge >= 0.3 is 0 Å². The average Bonchev–Trinajstić information content (AvgIpc) is 2.61. The van der Waals surface area contributed by atoms with Crippen LogP contribution in [0, 0.1) is 0 Å². The Morgan fingerprint density at radius 1 is 1.23 bits per heavy atom. The first-order valence-corrected chi connectivity index (χ1v) is 8.63. The summed E-state index contributed by atoms with van der Waals surface area (Å²) in [6, 6.07) is 5.61. The van der Waals surface area contributed by atoms with Gasteiger partial charge < -0.3 is 24.1 Å². The van der Waals surface area contributed by atoms with Gasteiger partial charge in [0.2, 0.25) is 0 Å². The number of hydrogen-bond acceptors (Lipinski definition) is 5. The van der Waals surface area contributed by atoms with Gasteiger partial charge in [-0.05, 0) is 19.1 Å². The van der Waals surface area contributed by atoms with Crippen molar-refractivity contribution in [2.24, 2.45) is 0 Å². The summed E-state index contributed by atoms with van der Waals surface area (Å²) in [7, 11) is 4.78. The van der Waals surface area contributed by atoms with Crippen LogP contribution in [0.3, 0.4) is 0 Å². The lowest BCUT2D eigenvalue weighted by Crippen LogP contribution is -2.33. The first-order valence-electron chi connectivity index (χ1n) is 8.25. The van der Waals surface area contributed by atoms with Gasteiger partial charge in [-0.2, -0.15) is 0 Å². The molecule has 1 heterocycles. The highest BCUT2D eigenvalue weighted by Gasteiger charge is 2.14. The van der Waals surface area contributed by atoms with Gasteiger partial charge in [-0.25, -0.2) is 0 Å². The molecule has 0 amide bonds. The second kappa shape index (κ2) is 9.07. The third-order valence-electron chi connectivity index (χ3n) is 4.06. The van der Waals surface area contributed by atoms with Gasteiger partial charge in [0, 0.05) is 41.7 Å². The predicted octanol–water partition coefficient (Wildman–Crippen LogP) is 2.90. The van der Waals surface area contributed by atoms with Crippen LogP contribution in [0.2, 0.25) is 0 Å². The molecule has 1 aromatic carbocycles. The zero-order valence-electron chi connectivity index (χ0n) is 15.6. The highest BCUT2D eigenvalue weighted by molar-refractivity contribution is 6.29. The summed E-state index contributed by atoms with van der Waals surface area (Å²) in [5.74, 6) is 1.15. The molecule has 2 aromatic rings. The minimum Gasteiger partial charge on any atom is -0.493 e. The van der Waals surface area contributed by atoms with Gasteiger partial charge in [0.1, 0.15) is 0 Å². The molecule has 0 saturated heterocycles. The monoisotopic (exact) mass is 380 g/mol. The molecule has 26 heavy (non-hydrogen) atoms. The second-order valence-corrected chi connectivity index (χ2v) is 6.62. The molecular weight excluding hydrogens is 356 g/mol. The number of ether oxygens (including phenoxy) is 3. The molecule has 2 rings (SSSR count). The maximum absolute atomic E-state index is 13.0. The molecular formula is C19H25ClN2O4. The molecule has 142 valence electrons. The minimum atomic E-state index is -0.122. The van der Waals surface area contributed by atoms with E-state index >= 15 is 0 Å². The van der Waals surface area contributed by atoms with E-state index in [1.54, 1.807) is 32.0 Å². The molecule has 7 heteroatoms. The van der Waals surface area contributed by atoms with Gasteiger partial charge in [-0.15, -0.1) is 0 Å². The number of aromatic nitrogens is 1. The molecule has 0 unspecified atom stereocenters. The van der Waals surface area contributed by atoms with Crippen molar-refractivity contribution in [1.29, 1.82) is 0 Å². The topological polar surface area (TPSA) is 61.7 Å². The van der Waals surface area contributed by atoms with E-state index in [0.29, 0.717) is 40.8 Å². The molecule has 0 radical (unpaired) electrons. The third kappa shape index (κ3) is 4.58. The Balaban J connectivity index is 2.58. The molecule has 0 spiro atoms. The van der Waals surface area contributed by atoms with E-state index in [-0.39, 0.29) is 18.1 Å². The molecule has 0 saturated carbocycles. The summed E-state index contributed by atoms with van der Waals surface area (Å²) in [4.78, 5) is 13.0. The smallest absolute Gasteiger partial charge is 0.255 e. The molecule has 1 N–H and O–H groups in total. The number of halogens is 1. The fourth-order valence-corrected chi connectivity index (χ4v) is 2.93. The number of allylic oxidation sites excluding steroid dienone is 1. The lowest BCUT2D eigenvalue weighted by atomic mass is 10.1. The summed E-state index contributed by atoms with van der Waals surface area (Å²) in [6.45, 7) is 6.91. The number of nitrogens with one attached hydrogen (secondary N) is 1. The van der Waals surface area contributed by atoms with Gasteiger partial charge in [-0.1, -0.05) is 18.2 Å². The summed E-state index contributed by atoms with van der Waals surface area (Å²) >= 11 is 6.00. The molecule has 0 aliphatic carbocycles. The Labute approximate surface area is 158 Å². The van der Waals surface area contributed by atoms with Crippen molar-refractivity contribution in [2.75, 3.05) is 27.9 Å². The fraction of sp³-hybridized carbons (Fsp3) is 0.421. The molecule has 1 atom stereocenters. The second-order valence-electron chi connectivity index (χ2n) is 6.08. The quantitative estimate of drug-likeness (QED) is 0.724. The highest BCUT2D eigenvalue weighted by Crippen LogP contribution is 2.32. The number of nitrogens with zero attached hydrogens (tertiary/aromatic N) is 1. The maximum atomic E-state index is 13.0. The number of rotatable bonds is 9. The standard InChI is InChI=1S/C19H25ClN2O4/c1-12(20)10-22-16-8-18(26-5)17(25-4)7-14(16)6-15(19(22)23)9-21-13(2)11-24-3/h6-8,13,21H,1,9-11H2,2-5H3/t13-/m1/s1. The molecule has 0 bridgehead atoms. The molecule has 0 aliphatic rings. The Kier molecular flexibility index (Phi) is 7.08. The lowest BCUT2D eigenvalue weighted by molar-refractivity contribution is 0.171. The fourth-order valence-electron chi connectivity index (χ4n) is 2.81. The third-order valence-corrected chi connectivity index (χ3v) is 4.18. The van der Waals surface area contributed by atoms with Crippen molar-refractivity contribution < 1.29 is 14.2 Å². The van der Waals surface area contributed by atoms with Crippen molar-refractivity contribution >= 4 is 22.5 Å². The van der Waals surface area contributed by atoms with E-state index in [9.17, 15) is 4.79 Å². The Morgan fingerprint density at radius 3 is 2.46 bits per heavy atom. The van der Waals surface area contributed by atoms with E-state index in [1.165, 1.54) is 0 Å². The number of fused-ring (bicyclic) bond motifs is 1. The van der Waals surface area contributed by atoms with Crippen molar-refractivity contribution in [3.05, 3.63) is 45.7 Å². The molecule has 1 aromatic heterocycles. The van der Waals surface area contributed by atoms with Gasteiger partial charge in [0.05, 0.1) is 32.9 Å². The Hall–Kier alpha value is -2.02. The Bertz CT molecular complexity index is 848. The normalized spacial score (nSPS) is 12.2. The number of pyridine rings is 1. The first-order chi connectivity index (χ1) is 12.4. The van der Waals surface area contributed by atoms with Gasteiger partial charge in [-0.3, -0.25) is 4.79 Å². The van der Waals surface area contributed by atoms with Crippen LogP contribution in [0.25, 0.3) is 10.9 Å². The molecule has 6 nitrogen and oxygen atoms in total. The van der Waals surface area contributed by atoms with Crippen molar-refractivity contribution in [1.82, 2.24) is 9.88 Å². The van der Waals surface area contributed by atoms with Crippen LogP contribution < -0.4 is 20.3 Å². The van der Waals surface area contributed by atoms with Gasteiger partial charge in [0.25, 0.3) is 5.56 Å². The molecule has 0 fully saturated rings. The maximum Gasteiger partial charge on any atom is 0.255 e. The average molecular weight is 381 g/mol. The van der Waals surface area contributed by atoms with Crippen LogP contribution in [-0.4, -0.2) is 38.5 Å². The van der Waals surface area contributed by atoms with E-state index in [0.717, 1.165) is 5.39 Å². The number of methoxy groups -OCH3 is 3. The minimum absolute atomic E-state index is 0.122. The van der Waals surface area contributed by atoms with E-state index < -0.39 is 0 Å².